The zero-order chi connectivity index (χ0) is 13.4. The van der Waals surface area contributed by atoms with E-state index in [9.17, 15) is 0 Å². The van der Waals surface area contributed by atoms with E-state index in [-0.39, 0.29) is 6.61 Å². The number of hydrogen-bond donors (Lipinski definition) is 1. The zero-order valence-corrected chi connectivity index (χ0v) is 11.8. The van der Waals surface area contributed by atoms with Crippen LogP contribution in [-0.2, 0) is 6.42 Å². The van der Waals surface area contributed by atoms with Crippen molar-refractivity contribution >= 4 is 11.6 Å². The number of unbranched alkanes of at least 4 members (excludes halogenated alkanes) is 2. The Bertz CT molecular complexity index is 372. The summed E-state index contributed by atoms with van der Waals surface area (Å²) in [4.78, 5) is 8.60. The summed E-state index contributed by atoms with van der Waals surface area (Å²) in [5.41, 5.74) is 0.790. The average molecular weight is 273 g/mol. The molecular weight excluding hydrogens is 252 g/mol. The van der Waals surface area contributed by atoms with Gasteiger partial charge in [-0.2, -0.15) is 4.98 Å². The predicted molar refractivity (Wildman–Crippen MR) is 72.2 cm³/mol. The summed E-state index contributed by atoms with van der Waals surface area (Å²) in [5.74, 6) is 1.32. The molecular formula is C13H21ClN2O2. The van der Waals surface area contributed by atoms with Gasteiger partial charge in [0.05, 0.1) is 6.61 Å². The second-order valence-corrected chi connectivity index (χ2v) is 4.60. The molecule has 0 atom stereocenters. The molecule has 0 radical (unpaired) electrons. The molecule has 0 aromatic carbocycles. The SMILES string of the molecule is CCCc1nc(Cl)c(C)c(OCCCCCO)n1. The highest BCUT2D eigenvalue weighted by Crippen LogP contribution is 2.22. The summed E-state index contributed by atoms with van der Waals surface area (Å²) < 4.78 is 5.63. The van der Waals surface area contributed by atoms with Crippen molar-refractivity contribution in [1.29, 1.82) is 0 Å². The van der Waals surface area contributed by atoms with Crippen LogP contribution in [0.3, 0.4) is 0 Å². The molecule has 0 bridgehead atoms. The lowest BCUT2D eigenvalue weighted by molar-refractivity contribution is 0.261. The van der Waals surface area contributed by atoms with Gasteiger partial charge < -0.3 is 9.84 Å². The van der Waals surface area contributed by atoms with E-state index in [2.05, 4.69) is 16.9 Å². The van der Waals surface area contributed by atoms with Crippen molar-refractivity contribution < 1.29 is 9.84 Å². The van der Waals surface area contributed by atoms with Crippen LogP contribution in [0.15, 0.2) is 0 Å². The summed E-state index contributed by atoms with van der Waals surface area (Å²) in [6, 6.07) is 0. The van der Waals surface area contributed by atoms with Gasteiger partial charge in [-0.25, -0.2) is 4.98 Å². The van der Waals surface area contributed by atoms with Crippen LogP contribution in [0, 0.1) is 6.92 Å². The number of hydrogen-bond acceptors (Lipinski definition) is 4. The highest BCUT2D eigenvalue weighted by Gasteiger charge is 2.10. The Morgan fingerprint density at radius 3 is 2.67 bits per heavy atom. The van der Waals surface area contributed by atoms with Gasteiger partial charge in [-0.1, -0.05) is 18.5 Å². The molecule has 0 aliphatic heterocycles. The molecule has 1 N–H and O–H groups in total. The third-order valence-corrected chi connectivity index (χ3v) is 2.97. The van der Waals surface area contributed by atoms with E-state index >= 15 is 0 Å². The van der Waals surface area contributed by atoms with Crippen LogP contribution in [-0.4, -0.2) is 28.3 Å². The standard InChI is InChI=1S/C13H21ClN2O2/c1-3-7-11-15-12(14)10(2)13(16-11)18-9-6-4-5-8-17/h17H,3-9H2,1-2H3. The van der Waals surface area contributed by atoms with Crippen LogP contribution in [0.25, 0.3) is 0 Å². The van der Waals surface area contributed by atoms with Crippen LogP contribution in [0.5, 0.6) is 5.88 Å². The van der Waals surface area contributed by atoms with Gasteiger partial charge in [-0.05, 0) is 32.6 Å². The second-order valence-electron chi connectivity index (χ2n) is 4.24. The molecule has 5 heteroatoms. The van der Waals surface area contributed by atoms with Crippen molar-refractivity contribution in [3.05, 3.63) is 16.5 Å². The number of aliphatic hydroxyl groups excluding tert-OH is 1. The number of aromatic nitrogens is 2. The average Bonchev–Trinajstić information content (AvgIpc) is 2.35. The number of aliphatic hydroxyl groups is 1. The van der Waals surface area contributed by atoms with E-state index in [1.165, 1.54) is 0 Å². The topological polar surface area (TPSA) is 55.2 Å². The highest BCUT2D eigenvalue weighted by molar-refractivity contribution is 6.30. The van der Waals surface area contributed by atoms with Crippen molar-refractivity contribution in [3.63, 3.8) is 0 Å². The molecule has 1 heterocycles. The maximum absolute atomic E-state index is 8.68. The molecule has 1 rings (SSSR count). The Morgan fingerprint density at radius 1 is 1.22 bits per heavy atom. The van der Waals surface area contributed by atoms with Crippen molar-refractivity contribution in [2.45, 2.75) is 46.0 Å². The number of rotatable bonds is 8. The first-order valence-corrected chi connectivity index (χ1v) is 6.83. The van der Waals surface area contributed by atoms with Crippen LogP contribution in [0.1, 0.15) is 44.0 Å². The molecule has 1 aromatic heterocycles. The minimum atomic E-state index is 0.235. The van der Waals surface area contributed by atoms with Gasteiger partial charge in [0.2, 0.25) is 5.88 Å². The fourth-order valence-electron chi connectivity index (χ4n) is 1.55. The summed E-state index contributed by atoms with van der Waals surface area (Å²) in [6.07, 6.45) is 4.46. The minimum Gasteiger partial charge on any atom is -0.477 e. The maximum Gasteiger partial charge on any atom is 0.221 e. The molecule has 4 nitrogen and oxygen atoms in total. The van der Waals surface area contributed by atoms with E-state index in [0.29, 0.717) is 17.6 Å². The van der Waals surface area contributed by atoms with Crippen molar-refractivity contribution in [3.8, 4) is 5.88 Å². The molecule has 0 saturated carbocycles. The number of aryl methyl sites for hydroxylation is 1. The van der Waals surface area contributed by atoms with Crippen molar-refractivity contribution in [1.82, 2.24) is 9.97 Å². The first kappa shape index (κ1) is 15.2. The number of ether oxygens (including phenoxy) is 1. The number of nitrogens with zero attached hydrogens (tertiary/aromatic N) is 2. The van der Waals surface area contributed by atoms with Crippen LogP contribution in [0.2, 0.25) is 5.15 Å². The van der Waals surface area contributed by atoms with Gasteiger partial charge >= 0.3 is 0 Å². The van der Waals surface area contributed by atoms with Gasteiger partial charge in [0.15, 0.2) is 0 Å². The summed E-state index contributed by atoms with van der Waals surface area (Å²) >= 11 is 6.05. The van der Waals surface area contributed by atoms with Gasteiger partial charge in [-0.3, -0.25) is 0 Å². The van der Waals surface area contributed by atoms with Crippen LogP contribution >= 0.6 is 11.6 Å². The van der Waals surface area contributed by atoms with Crippen molar-refractivity contribution in [2.24, 2.45) is 0 Å². The quantitative estimate of drug-likeness (QED) is 0.584. The Labute approximate surface area is 113 Å². The lowest BCUT2D eigenvalue weighted by Gasteiger charge is -2.10. The molecule has 0 unspecified atom stereocenters. The van der Waals surface area contributed by atoms with E-state index in [4.69, 9.17) is 21.4 Å². The van der Waals surface area contributed by atoms with E-state index < -0.39 is 0 Å². The first-order chi connectivity index (χ1) is 8.69. The van der Waals surface area contributed by atoms with Gasteiger partial charge in [0.1, 0.15) is 11.0 Å². The summed E-state index contributed by atoms with van der Waals surface area (Å²) in [6.45, 7) is 4.77. The minimum absolute atomic E-state index is 0.235. The van der Waals surface area contributed by atoms with Gasteiger partial charge in [-0.15, -0.1) is 0 Å². The van der Waals surface area contributed by atoms with Crippen molar-refractivity contribution in [2.75, 3.05) is 13.2 Å². The fourth-order valence-corrected chi connectivity index (χ4v) is 1.73. The van der Waals surface area contributed by atoms with Crippen LogP contribution in [0.4, 0.5) is 0 Å². The maximum atomic E-state index is 8.68. The highest BCUT2D eigenvalue weighted by atomic mass is 35.5. The third kappa shape index (κ3) is 4.78. The Balaban J connectivity index is 2.57. The largest absolute Gasteiger partial charge is 0.477 e. The molecule has 0 saturated heterocycles. The molecule has 102 valence electrons. The normalized spacial score (nSPS) is 10.7. The molecule has 0 amide bonds. The molecule has 0 aliphatic rings. The smallest absolute Gasteiger partial charge is 0.221 e. The number of halogens is 1. The first-order valence-electron chi connectivity index (χ1n) is 6.45. The molecule has 18 heavy (non-hydrogen) atoms. The Kier molecular flexibility index (Phi) is 6.98. The van der Waals surface area contributed by atoms with Gasteiger partial charge in [0, 0.05) is 18.6 Å². The fraction of sp³-hybridized carbons (Fsp3) is 0.692. The third-order valence-electron chi connectivity index (χ3n) is 2.60. The monoisotopic (exact) mass is 272 g/mol. The van der Waals surface area contributed by atoms with E-state index in [0.717, 1.165) is 43.5 Å². The summed E-state index contributed by atoms with van der Waals surface area (Å²) in [5, 5.41) is 9.15. The molecule has 0 spiro atoms. The predicted octanol–water partition coefficient (Wildman–Crippen LogP) is 2.93. The van der Waals surface area contributed by atoms with Gasteiger partial charge in [0.25, 0.3) is 0 Å². The van der Waals surface area contributed by atoms with E-state index in [1.807, 2.05) is 6.92 Å². The zero-order valence-electron chi connectivity index (χ0n) is 11.1. The Hall–Kier alpha value is -0.870. The lowest BCUT2D eigenvalue weighted by atomic mass is 10.2. The molecule has 0 fully saturated rings. The molecule has 1 aromatic rings. The van der Waals surface area contributed by atoms with Crippen LogP contribution < -0.4 is 4.74 Å². The molecule has 0 aliphatic carbocycles. The second kappa shape index (κ2) is 8.27. The Morgan fingerprint density at radius 2 is 2.00 bits per heavy atom. The van der Waals surface area contributed by atoms with E-state index in [1.54, 1.807) is 0 Å². The summed E-state index contributed by atoms with van der Waals surface area (Å²) in [7, 11) is 0. The lowest BCUT2D eigenvalue weighted by Crippen LogP contribution is -2.05.